The molecule has 1 atom stereocenters. The third kappa shape index (κ3) is 5.31. The summed E-state index contributed by atoms with van der Waals surface area (Å²) in [7, 11) is -7.50. The van der Waals surface area contributed by atoms with Crippen LogP contribution in [0.15, 0.2) is 69.9 Å². The second-order valence-electron chi connectivity index (χ2n) is 8.51. The topological polar surface area (TPSA) is 132 Å². The lowest BCUT2D eigenvalue weighted by atomic mass is 10.0. The molecule has 186 valence electrons. The predicted octanol–water partition coefficient (Wildman–Crippen LogP) is 2.70. The smallest absolute Gasteiger partial charge is 0.279 e. The van der Waals surface area contributed by atoms with Gasteiger partial charge in [-0.1, -0.05) is 24.3 Å². The van der Waals surface area contributed by atoms with Crippen LogP contribution >= 0.6 is 11.3 Å². The number of hydrogen-bond donors (Lipinski definition) is 1. The first-order valence-corrected chi connectivity index (χ1v) is 14.8. The summed E-state index contributed by atoms with van der Waals surface area (Å²) in [6, 6.07) is 10.2. The maximum Gasteiger partial charge on any atom is 0.279 e. The number of amides is 1. The lowest BCUT2D eigenvalue weighted by Crippen LogP contribution is -2.39. The van der Waals surface area contributed by atoms with Gasteiger partial charge in [-0.2, -0.15) is 9.30 Å². The Morgan fingerprint density at radius 2 is 1.86 bits per heavy atom. The van der Waals surface area contributed by atoms with Gasteiger partial charge in [-0.3, -0.25) is 4.79 Å². The van der Waals surface area contributed by atoms with Crippen molar-refractivity contribution in [2.24, 2.45) is 16.0 Å². The first-order valence-electron chi connectivity index (χ1n) is 11.0. The number of allylic oxidation sites excluding steroid dienone is 1. The van der Waals surface area contributed by atoms with Crippen molar-refractivity contribution in [1.82, 2.24) is 8.87 Å². The fourth-order valence-corrected chi connectivity index (χ4v) is 7.35. The number of carbonyl (C=O) groups excluding carboxylic acids is 1. The van der Waals surface area contributed by atoms with Crippen LogP contribution in [0.1, 0.15) is 30.1 Å². The lowest BCUT2D eigenvalue weighted by molar-refractivity contribution is 0.0997. The number of hydrogen-bond acceptors (Lipinski definition) is 6. The number of fused-ring (bicyclic) bond motifs is 1. The molecule has 35 heavy (non-hydrogen) atoms. The van der Waals surface area contributed by atoms with Crippen molar-refractivity contribution in [2.75, 3.05) is 13.1 Å². The van der Waals surface area contributed by atoms with Gasteiger partial charge >= 0.3 is 0 Å². The standard InChI is InChI=1S/C23H26N4O5S3/c1-3-12-27-20-11-10-19(34(24,29)30)14-21(20)33-23(27)25-22(28)17-6-8-18(9-7-17)35(31,32)26-13-4-5-16(2)15-26/h3,6-11,14,16H,1,4-5,12-13,15H2,2H3,(H2,24,29,30). The number of nitrogens with zero attached hydrogens (tertiary/aromatic N) is 3. The molecule has 1 fully saturated rings. The first kappa shape index (κ1) is 25.5. The molecule has 9 nitrogen and oxygen atoms in total. The van der Waals surface area contributed by atoms with Crippen molar-refractivity contribution in [3.05, 3.63) is 65.5 Å². The number of thiazole rings is 1. The zero-order valence-corrected chi connectivity index (χ0v) is 21.6. The van der Waals surface area contributed by atoms with Gasteiger partial charge in [0.25, 0.3) is 5.91 Å². The van der Waals surface area contributed by atoms with E-state index in [2.05, 4.69) is 11.6 Å². The number of carbonyl (C=O) groups is 1. The minimum Gasteiger partial charge on any atom is -0.312 e. The molecule has 0 radical (unpaired) electrons. The van der Waals surface area contributed by atoms with Crippen LogP contribution in [0.25, 0.3) is 10.2 Å². The SMILES string of the molecule is C=CCn1c(=NC(=O)c2ccc(S(=O)(=O)N3CCCC(C)C3)cc2)sc2cc(S(N)(=O)=O)ccc21. The summed E-state index contributed by atoms with van der Waals surface area (Å²) in [5.41, 5.74) is 0.926. The zero-order chi connectivity index (χ0) is 25.4. The molecule has 2 heterocycles. The summed E-state index contributed by atoms with van der Waals surface area (Å²) < 4.78 is 53.2. The number of nitrogens with two attached hydrogens (primary N) is 1. The number of sulfonamides is 2. The average molecular weight is 535 g/mol. The van der Waals surface area contributed by atoms with Gasteiger partial charge in [-0.15, -0.1) is 6.58 Å². The van der Waals surface area contributed by atoms with Crippen molar-refractivity contribution in [1.29, 1.82) is 0 Å². The van der Waals surface area contributed by atoms with Gasteiger partial charge in [-0.25, -0.2) is 22.0 Å². The van der Waals surface area contributed by atoms with Crippen LogP contribution in [0, 0.1) is 5.92 Å². The molecule has 2 N–H and O–H groups in total. The highest BCUT2D eigenvalue weighted by Gasteiger charge is 2.28. The Bertz CT molecular complexity index is 1570. The molecule has 1 aromatic heterocycles. The number of aromatic nitrogens is 1. The van der Waals surface area contributed by atoms with Crippen molar-refractivity contribution >= 4 is 47.5 Å². The number of benzene rings is 2. The third-order valence-corrected chi connectivity index (χ3v) is 9.68. The highest BCUT2D eigenvalue weighted by molar-refractivity contribution is 7.89. The molecule has 1 aliphatic rings. The summed E-state index contributed by atoms with van der Waals surface area (Å²) in [5, 5.41) is 5.24. The molecule has 1 saturated heterocycles. The van der Waals surface area contributed by atoms with Crippen LogP contribution in [0.3, 0.4) is 0 Å². The molecule has 12 heteroatoms. The number of rotatable bonds is 6. The van der Waals surface area contributed by atoms with E-state index < -0.39 is 26.0 Å². The third-order valence-electron chi connectivity index (χ3n) is 5.85. The molecule has 0 saturated carbocycles. The zero-order valence-electron chi connectivity index (χ0n) is 19.1. The molecule has 0 spiro atoms. The van der Waals surface area contributed by atoms with Crippen LogP contribution in [-0.2, 0) is 26.6 Å². The van der Waals surface area contributed by atoms with E-state index in [0.717, 1.165) is 24.2 Å². The van der Waals surface area contributed by atoms with Gasteiger partial charge in [-0.05, 0) is 61.2 Å². The largest absolute Gasteiger partial charge is 0.312 e. The second-order valence-corrected chi connectivity index (χ2v) is 13.0. The minimum absolute atomic E-state index is 0.0326. The molecule has 4 rings (SSSR count). The minimum atomic E-state index is -3.88. The summed E-state index contributed by atoms with van der Waals surface area (Å²) >= 11 is 1.15. The summed E-state index contributed by atoms with van der Waals surface area (Å²) in [4.78, 5) is 17.6. The Morgan fingerprint density at radius 1 is 1.17 bits per heavy atom. The van der Waals surface area contributed by atoms with Crippen molar-refractivity contribution < 1.29 is 21.6 Å². The molecule has 1 unspecified atom stereocenters. The van der Waals surface area contributed by atoms with E-state index >= 15 is 0 Å². The molecule has 2 aromatic carbocycles. The van der Waals surface area contributed by atoms with Crippen LogP contribution in [0.5, 0.6) is 0 Å². The first-order chi connectivity index (χ1) is 16.5. The van der Waals surface area contributed by atoms with E-state index in [9.17, 15) is 21.6 Å². The highest BCUT2D eigenvalue weighted by atomic mass is 32.2. The molecule has 1 amide bonds. The van der Waals surface area contributed by atoms with E-state index in [-0.39, 0.29) is 15.4 Å². The second kappa shape index (κ2) is 9.78. The quantitative estimate of drug-likeness (QED) is 0.486. The molecule has 3 aromatic rings. The summed E-state index contributed by atoms with van der Waals surface area (Å²) in [6.07, 6.45) is 3.48. The normalized spacial score (nSPS) is 18.1. The van der Waals surface area contributed by atoms with Gasteiger partial charge in [0.15, 0.2) is 4.80 Å². The van der Waals surface area contributed by atoms with E-state index in [1.165, 1.54) is 40.7 Å². The van der Waals surface area contributed by atoms with E-state index in [1.807, 2.05) is 6.92 Å². The highest BCUT2D eigenvalue weighted by Crippen LogP contribution is 2.24. The van der Waals surface area contributed by atoms with Gasteiger partial charge in [0.05, 0.1) is 20.0 Å². The van der Waals surface area contributed by atoms with Gasteiger partial charge in [0, 0.05) is 25.2 Å². The Balaban J connectivity index is 1.67. The van der Waals surface area contributed by atoms with Gasteiger partial charge in [0.1, 0.15) is 0 Å². The van der Waals surface area contributed by atoms with Crippen LogP contribution in [-0.4, -0.2) is 44.7 Å². The molecular weight excluding hydrogens is 508 g/mol. The van der Waals surface area contributed by atoms with E-state index in [4.69, 9.17) is 5.14 Å². The Labute approximate surface area is 208 Å². The Kier molecular flexibility index (Phi) is 7.11. The summed E-state index contributed by atoms with van der Waals surface area (Å²) in [5.74, 6) is -0.237. The summed E-state index contributed by atoms with van der Waals surface area (Å²) in [6.45, 7) is 7.10. The van der Waals surface area contributed by atoms with Gasteiger partial charge < -0.3 is 4.57 Å². The fraction of sp³-hybridized carbons (Fsp3) is 0.304. The molecule has 0 aliphatic carbocycles. The lowest BCUT2D eigenvalue weighted by Gasteiger charge is -2.30. The monoisotopic (exact) mass is 534 g/mol. The fourth-order valence-electron chi connectivity index (χ4n) is 4.06. The van der Waals surface area contributed by atoms with Crippen LogP contribution in [0.4, 0.5) is 0 Å². The molecule has 0 bridgehead atoms. The van der Waals surface area contributed by atoms with Crippen LogP contribution in [0.2, 0.25) is 0 Å². The average Bonchev–Trinajstić information content (AvgIpc) is 3.15. The Hall–Kier alpha value is -2.64. The predicted molar refractivity (Wildman–Crippen MR) is 135 cm³/mol. The number of primary sulfonamides is 1. The molecular formula is C23H26N4O5S3. The number of piperidine rings is 1. The van der Waals surface area contributed by atoms with Crippen LogP contribution < -0.4 is 9.94 Å². The van der Waals surface area contributed by atoms with E-state index in [1.54, 1.807) is 16.7 Å². The maximum absolute atomic E-state index is 13.0. The Morgan fingerprint density at radius 3 is 2.49 bits per heavy atom. The maximum atomic E-state index is 13.0. The van der Waals surface area contributed by atoms with Crippen molar-refractivity contribution in [2.45, 2.75) is 36.1 Å². The molecule has 1 aliphatic heterocycles. The van der Waals surface area contributed by atoms with E-state index in [0.29, 0.717) is 40.6 Å². The van der Waals surface area contributed by atoms with Gasteiger partial charge in [0.2, 0.25) is 20.0 Å². The van der Waals surface area contributed by atoms with Crippen molar-refractivity contribution in [3.63, 3.8) is 0 Å². The van der Waals surface area contributed by atoms with Crippen molar-refractivity contribution in [3.8, 4) is 0 Å².